The summed E-state index contributed by atoms with van der Waals surface area (Å²) in [6.07, 6.45) is -1.72. The van der Waals surface area contributed by atoms with Gasteiger partial charge in [-0.25, -0.2) is 4.79 Å². The molecular weight excluding hydrogens is 350 g/mol. The number of ether oxygens (including phenoxy) is 3. The quantitative estimate of drug-likeness (QED) is 0.595. The standard InChI is InChI=1S/C20H19NO6/c1-25-16-9-7-15(8-10-16)18(22)21-12-11-17(19(21)23)27-20(24)26-13-14-5-3-2-4-6-14/h2-10,17H,11-13H2,1H3. The van der Waals surface area contributed by atoms with Crippen molar-refractivity contribution in [1.29, 1.82) is 0 Å². The van der Waals surface area contributed by atoms with E-state index in [2.05, 4.69) is 0 Å². The number of amides is 2. The van der Waals surface area contributed by atoms with Crippen LogP contribution >= 0.6 is 0 Å². The van der Waals surface area contributed by atoms with Gasteiger partial charge >= 0.3 is 6.16 Å². The zero-order chi connectivity index (χ0) is 19.2. The highest BCUT2D eigenvalue weighted by Gasteiger charge is 2.38. The lowest BCUT2D eigenvalue weighted by Crippen LogP contribution is -2.36. The fourth-order valence-electron chi connectivity index (χ4n) is 2.72. The predicted molar refractivity (Wildman–Crippen MR) is 95.2 cm³/mol. The molecule has 0 radical (unpaired) electrons. The van der Waals surface area contributed by atoms with Gasteiger partial charge < -0.3 is 14.2 Å². The number of nitrogens with zero attached hydrogens (tertiary/aromatic N) is 1. The first kappa shape index (κ1) is 18.4. The van der Waals surface area contributed by atoms with Crippen molar-refractivity contribution in [2.75, 3.05) is 13.7 Å². The minimum atomic E-state index is -1.02. The molecule has 2 aromatic rings. The van der Waals surface area contributed by atoms with Crippen LogP contribution in [0, 0.1) is 0 Å². The van der Waals surface area contributed by atoms with Gasteiger partial charge in [0.2, 0.25) is 0 Å². The van der Waals surface area contributed by atoms with Crippen molar-refractivity contribution in [3.05, 3.63) is 65.7 Å². The maximum atomic E-state index is 12.5. The van der Waals surface area contributed by atoms with Crippen LogP contribution in [0.15, 0.2) is 54.6 Å². The summed E-state index contributed by atoms with van der Waals surface area (Å²) in [5, 5.41) is 0. The number of carbonyl (C=O) groups excluding carboxylic acids is 3. The van der Waals surface area contributed by atoms with Crippen LogP contribution in [0.25, 0.3) is 0 Å². The largest absolute Gasteiger partial charge is 0.509 e. The lowest BCUT2D eigenvalue weighted by molar-refractivity contribution is -0.133. The molecule has 1 heterocycles. The summed E-state index contributed by atoms with van der Waals surface area (Å²) in [6.45, 7) is 0.232. The summed E-state index contributed by atoms with van der Waals surface area (Å²) in [4.78, 5) is 37.8. The van der Waals surface area contributed by atoms with E-state index >= 15 is 0 Å². The summed E-state index contributed by atoms with van der Waals surface area (Å²) in [7, 11) is 1.53. The number of rotatable bonds is 5. The van der Waals surface area contributed by atoms with E-state index in [1.165, 1.54) is 7.11 Å². The van der Waals surface area contributed by atoms with Crippen LogP contribution in [0.1, 0.15) is 22.3 Å². The average Bonchev–Trinajstić information content (AvgIpc) is 3.07. The molecule has 27 heavy (non-hydrogen) atoms. The number of hydrogen-bond donors (Lipinski definition) is 0. The molecule has 140 valence electrons. The monoisotopic (exact) mass is 369 g/mol. The molecule has 7 nitrogen and oxygen atoms in total. The molecule has 0 aliphatic carbocycles. The van der Waals surface area contributed by atoms with E-state index in [1.54, 1.807) is 24.3 Å². The van der Waals surface area contributed by atoms with Crippen LogP contribution in [-0.4, -0.2) is 42.6 Å². The fourth-order valence-corrected chi connectivity index (χ4v) is 2.72. The van der Waals surface area contributed by atoms with Crippen LogP contribution in [0.5, 0.6) is 5.75 Å². The molecule has 1 atom stereocenters. The minimum Gasteiger partial charge on any atom is -0.497 e. The molecule has 1 unspecified atom stereocenters. The summed E-state index contributed by atoms with van der Waals surface area (Å²) in [5.74, 6) is -0.374. The first-order valence-corrected chi connectivity index (χ1v) is 8.45. The minimum absolute atomic E-state index is 0.0507. The van der Waals surface area contributed by atoms with Crippen LogP contribution in [0.4, 0.5) is 4.79 Å². The van der Waals surface area contributed by atoms with Crippen LogP contribution in [0.3, 0.4) is 0 Å². The summed E-state index contributed by atoms with van der Waals surface area (Å²) in [5.41, 5.74) is 1.17. The van der Waals surface area contributed by atoms with Crippen molar-refractivity contribution >= 4 is 18.0 Å². The fraction of sp³-hybridized carbons (Fsp3) is 0.250. The van der Waals surface area contributed by atoms with Gasteiger partial charge in [-0.05, 0) is 29.8 Å². The highest BCUT2D eigenvalue weighted by molar-refractivity contribution is 6.07. The molecule has 1 aliphatic rings. The van der Waals surface area contributed by atoms with E-state index in [0.717, 1.165) is 10.5 Å². The number of imide groups is 1. The first-order valence-electron chi connectivity index (χ1n) is 8.45. The van der Waals surface area contributed by atoms with Crippen LogP contribution < -0.4 is 4.74 Å². The zero-order valence-corrected chi connectivity index (χ0v) is 14.8. The van der Waals surface area contributed by atoms with E-state index in [4.69, 9.17) is 14.2 Å². The lowest BCUT2D eigenvalue weighted by atomic mass is 10.2. The van der Waals surface area contributed by atoms with Gasteiger partial charge in [0.1, 0.15) is 12.4 Å². The molecule has 1 saturated heterocycles. The third kappa shape index (κ3) is 4.44. The first-order chi connectivity index (χ1) is 13.1. The maximum absolute atomic E-state index is 12.5. The Bertz CT molecular complexity index is 818. The third-order valence-electron chi connectivity index (χ3n) is 4.18. The Labute approximate surface area is 156 Å². The smallest absolute Gasteiger partial charge is 0.497 e. The molecular formula is C20H19NO6. The summed E-state index contributed by atoms with van der Waals surface area (Å²) in [6, 6.07) is 15.6. The average molecular weight is 369 g/mol. The number of benzene rings is 2. The van der Waals surface area contributed by atoms with E-state index in [1.807, 2.05) is 30.3 Å². The Morgan fingerprint density at radius 1 is 1.07 bits per heavy atom. The van der Waals surface area contributed by atoms with Crippen molar-refractivity contribution < 1.29 is 28.6 Å². The highest BCUT2D eigenvalue weighted by atomic mass is 16.7. The Balaban J connectivity index is 1.54. The second kappa shape index (κ2) is 8.35. The second-order valence-electron chi connectivity index (χ2n) is 5.94. The van der Waals surface area contributed by atoms with Crippen molar-refractivity contribution in [3.8, 4) is 5.75 Å². The van der Waals surface area contributed by atoms with Crippen LogP contribution in [-0.2, 0) is 20.9 Å². The van der Waals surface area contributed by atoms with Gasteiger partial charge in [-0.15, -0.1) is 0 Å². The Hall–Kier alpha value is -3.35. The van der Waals surface area contributed by atoms with E-state index in [-0.39, 0.29) is 19.6 Å². The van der Waals surface area contributed by atoms with Gasteiger partial charge in [0.15, 0.2) is 6.10 Å². The molecule has 0 spiro atoms. The molecule has 0 saturated carbocycles. The summed E-state index contributed by atoms with van der Waals surface area (Å²) >= 11 is 0. The molecule has 7 heteroatoms. The highest BCUT2D eigenvalue weighted by Crippen LogP contribution is 2.20. The van der Waals surface area contributed by atoms with Crippen molar-refractivity contribution in [3.63, 3.8) is 0 Å². The van der Waals surface area contributed by atoms with E-state index in [0.29, 0.717) is 11.3 Å². The zero-order valence-electron chi connectivity index (χ0n) is 14.8. The lowest BCUT2D eigenvalue weighted by Gasteiger charge is -2.15. The van der Waals surface area contributed by atoms with Gasteiger partial charge in [0.25, 0.3) is 11.8 Å². The second-order valence-corrected chi connectivity index (χ2v) is 5.94. The number of methoxy groups -OCH3 is 1. The summed E-state index contributed by atoms with van der Waals surface area (Å²) < 4.78 is 15.1. The SMILES string of the molecule is COc1ccc(C(=O)N2CCC(OC(=O)OCc3ccccc3)C2=O)cc1. The Morgan fingerprint density at radius 2 is 1.78 bits per heavy atom. The molecule has 2 aromatic carbocycles. The van der Waals surface area contributed by atoms with Crippen molar-refractivity contribution in [1.82, 2.24) is 4.90 Å². The van der Waals surface area contributed by atoms with Crippen molar-refractivity contribution in [2.24, 2.45) is 0 Å². The van der Waals surface area contributed by atoms with E-state index < -0.39 is 24.1 Å². The molecule has 0 bridgehead atoms. The topological polar surface area (TPSA) is 82.1 Å². The number of likely N-dealkylation sites (tertiary alicyclic amines) is 1. The Morgan fingerprint density at radius 3 is 2.44 bits per heavy atom. The maximum Gasteiger partial charge on any atom is 0.509 e. The van der Waals surface area contributed by atoms with Crippen LogP contribution in [0.2, 0.25) is 0 Å². The Kier molecular flexibility index (Phi) is 5.71. The van der Waals surface area contributed by atoms with Gasteiger partial charge in [0, 0.05) is 18.5 Å². The van der Waals surface area contributed by atoms with Crippen molar-refractivity contribution in [2.45, 2.75) is 19.1 Å². The molecule has 1 aliphatic heterocycles. The molecule has 0 aromatic heterocycles. The van der Waals surface area contributed by atoms with Gasteiger partial charge in [-0.3, -0.25) is 14.5 Å². The number of carbonyl (C=O) groups is 3. The predicted octanol–water partition coefficient (Wildman–Crippen LogP) is 2.79. The normalized spacial score (nSPS) is 16.1. The van der Waals surface area contributed by atoms with Gasteiger partial charge in [-0.2, -0.15) is 0 Å². The van der Waals surface area contributed by atoms with E-state index in [9.17, 15) is 14.4 Å². The number of hydrogen-bond acceptors (Lipinski definition) is 6. The third-order valence-corrected chi connectivity index (χ3v) is 4.18. The molecule has 0 N–H and O–H groups in total. The van der Waals surface area contributed by atoms with Gasteiger partial charge in [-0.1, -0.05) is 30.3 Å². The molecule has 2 amide bonds. The molecule has 1 fully saturated rings. The molecule has 3 rings (SSSR count). The van der Waals surface area contributed by atoms with Gasteiger partial charge in [0.05, 0.1) is 7.11 Å².